The van der Waals surface area contributed by atoms with Gasteiger partial charge < -0.3 is 14.2 Å². The minimum atomic E-state index is -0.226. The number of rotatable bonds is 6. The average Bonchev–Trinajstić information content (AvgIpc) is 3.08. The summed E-state index contributed by atoms with van der Waals surface area (Å²) < 4.78 is 10.6. The van der Waals surface area contributed by atoms with Gasteiger partial charge in [-0.1, -0.05) is 34.4 Å². The molecule has 0 aliphatic heterocycles. The van der Waals surface area contributed by atoms with Crippen LogP contribution in [0.3, 0.4) is 0 Å². The lowest BCUT2D eigenvalue weighted by Gasteiger charge is -2.15. The van der Waals surface area contributed by atoms with Gasteiger partial charge in [-0.3, -0.25) is 4.79 Å². The van der Waals surface area contributed by atoms with E-state index in [1.54, 1.807) is 55.6 Å². The standard InChI is InChI=1S/C18H15Cl2N3O3/c1-23(17(24)11-25-15-4-2-3-14(20)9-15)10-16-21-18(22-26-16)12-5-7-13(19)8-6-12/h2-9H,10-11H2,1H3. The molecule has 0 aliphatic carbocycles. The topological polar surface area (TPSA) is 68.5 Å². The highest BCUT2D eigenvalue weighted by Crippen LogP contribution is 2.19. The molecule has 0 unspecified atom stereocenters. The largest absolute Gasteiger partial charge is 0.484 e. The summed E-state index contributed by atoms with van der Waals surface area (Å²) in [6.07, 6.45) is 0. The van der Waals surface area contributed by atoms with Crippen LogP contribution in [0.15, 0.2) is 53.1 Å². The van der Waals surface area contributed by atoms with Gasteiger partial charge in [-0.2, -0.15) is 4.98 Å². The first-order valence-corrected chi connectivity index (χ1v) is 8.48. The number of benzene rings is 2. The third-order valence-electron chi connectivity index (χ3n) is 3.53. The van der Waals surface area contributed by atoms with Crippen molar-refractivity contribution < 1.29 is 14.1 Å². The minimum absolute atomic E-state index is 0.116. The third kappa shape index (κ3) is 4.74. The van der Waals surface area contributed by atoms with Crippen molar-refractivity contribution in [1.82, 2.24) is 15.0 Å². The Balaban J connectivity index is 1.56. The van der Waals surface area contributed by atoms with Crippen LogP contribution in [0.5, 0.6) is 5.75 Å². The summed E-state index contributed by atoms with van der Waals surface area (Å²) in [5.74, 6) is 1.07. The van der Waals surface area contributed by atoms with Crippen molar-refractivity contribution in [3.05, 3.63) is 64.5 Å². The van der Waals surface area contributed by atoms with Crippen molar-refractivity contribution in [1.29, 1.82) is 0 Å². The average molecular weight is 392 g/mol. The van der Waals surface area contributed by atoms with Gasteiger partial charge in [0.05, 0.1) is 6.54 Å². The first-order chi connectivity index (χ1) is 12.5. The van der Waals surface area contributed by atoms with Crippen LogP contribution in [0.1, 0.15) is 5.89 Å². The van der Waals surface area contributed by atoms with Crippen LogP contribution in [0.2, 0.25) is 10.0 Å². The second-order valence-corrected chi connectivity index (χ2v) is 6.39. The lowest BCUT2D eigenvalue weighted by Crippen LogP contribution is -2.31. The van der Waals surface area contributed by atoms with Gasteiger partial charge in [0, 0.05) is 22.7 Å². The molecule has 0 radical (unpaired) electrons. The molecule has 0 saturated carbocycles. The molecule has 134 valence electrons. The van der Waals surface area contributed by atoms with Crippen molar-refractivity contribution in [2.75, 3.05) is 13.7 Å². The van der Waals surface area contributed by atoms with Gasteiger partial charge in [-0.05, 0) is 42.5 Å². The number of hydrogen-bond donors (Lipinski definition) is 0. The van der Waals surface area contributed by atoms with Gasteiger partial charge in [0.15, 0.2) is 6.61 Å². The molecule has 1 aromatic heterocycles. The number of likely N-dealkylation sites (N-methyl/N-ethyl adjacent to an activating group) is 1. The number of carbonyl (C=O) groups excluding carboxylic acids is 1. The summed E-state index contributed by atoms with van der Waals surface area (Å²) in [7, 11) is 1.63. The molecule has 3 rings (SSSR count). The van der Waals surface area contributed by atoms with E-state index in [4.69, 9.17) is 32.5 Å². The number of carbonyl (C=O) groups is 1. The molecule has 0 spiro atoms. The van der Waals surface area contributed by atoms with E-state index in [1.165, 1.54) is 4.90 Å². The highest BCUT2D eigenvalue weighted by molar-refractivity contribution is 6.30. The fraction of sp³-hybridized carbons (Fsp3) is 0.167. The number of hydrogen-bond acceptors (Lipinski definition) is 5. The van der Waals surface area contributed by atoms with E-state index in [0.717, 1.165) is 5.56 Å². The van der Waals surface area contributed by atoms with Gasteiger partial charge >= 0.3 is 0 Å². The van der Waals surface area contributed by atoms with E-state index in [2.05, 4.69) is 10.1 Å². The van der Waals surface area contributed by atoms with Gasteiger partial charge in [0.25, 0.3) is 5.91 Å². The Kier molecular flexibility index (Phi) is 5.75. The Hall–Kier alpha value is -2.57. The van der Waals surface area contributed by atoms with Gasteiger partial charge in [0.2, 0.25) is 11.7 Å². The van der Waals surface area contributed by atoms with Crippen LogP contribution in [0.25, 0.3) is 11.4 Å². The predicted octanol–water partition coefficient (Wildman–Crippen LogP) is 4.08. The number of halogens is 2. The molecule has 26 heavy (non-hydrogen) atoms. The van der Waals surface area contributed by atoms with Gasteiger partial charge in [0.1, 0.15) is 5.75 Å². The molecule has 6 nitrogen and oxygen atoms in total. The Morgan fingerprint density at radius 2 is 1.92 bits per heavy atom. The quantitative estimate of drug-likeness (QED) is 0.632. The second-order valence-electron chi connectivity index (χ2n) is 5.51. The Bertz CT molecular complexity index is 897. The lowest BCUT2D eigenvalue weighted by molar-refractivity contribution is -0.132. The zero-order chi connectivity index (χ0) is 18.5. The zero-order valence-corrected chi connectivity index (χ0v) is 15.4. The molecule has 1 heterocycles. The monoisotopic (exact) mass is 391 g/mol. The Morgan fingerprint density at radius 1 is 1.15 bits per heavy atom. The zero-order valence-electron chi connectivity index (χ0n) is 13.9. The second kappa shape index (κ2) is 8.21. The van der Waals surface area contributed by atoms with Crippen molar-refractivity contribution >= 4 is 29.1 Å². The number of aromatic nitrogens is 2. The highest BCUT2D eigenvalue weighted by atomic mass is 35.5. The van der Waals surface area contributed by atoms with Crippen molar-refractivity contribution in [3.63, 3.8) is 0 Å². The van der Waals surface area contributed by atoms with E-state index in [0.29, 0.717) is 27.5 Å². The fourth-order valence-corrected chi connectivity index (χ4v) is 2.44. The molecule has 0 atom stereocenters. The predicted molar refractivity (Wildman–Crippen MR) is 98.2 cm³/mol. The van der Waals surface area contributed by atoms with Crippen molar-refractivity contribution in [2.24, 2.45) is 0 Å². The summed E-state index contributed by atoms with van der Waals surface area (Å²) >= 11 is 11.7. The van der Waals surface area contributed by atoms with E-state index < -0.39 is 0 Å². The molecule has 0 bridgehead atoms. The van der Waals surface area contributed by atoms with E-state index in [9.17, 15) is 4.79 Å². The van der Waals surface area contributed by atoms with Crippen LogP contribution in [0, 0.1) is 0 Å². The maximum absolute atomic E-state index is 12.2. The van der Waals surface area contributed by atoms with E-state index in [1.807, 2.05) is 0 Å². The normalized spacial score (nSPS) is 10.6. The van der Waals surface area contributed by atoms with Crippen LogP contribution in [-0.2, 0) is 11.3 Å². The first-order valence-electron chi connectivity index (χ1n) is 7.72. The maximum atomic E-state index is 12.2. The lowest BCUT2D eigenvalue weighted by atomic mass is 10.2. The fourth-order valence-electron chi connectivity index (χ4n) is 2.14. The molecular weight excluding hydrogens is 377 g/mol. The third-order valence-corrected chi connectivity index (χ3v) is 4.01. The summed E-state index contributed by atoms with van der Waals surface area (Å²) in [5, 5.41) is 5.09. The maximum Gasteiger partial charge on any atom is 0.260 e. The summed E-state index contributed by atoms with van der Waals surface area (Å²) in [6, 6.07) is 13.9. The van der Waals surface area contributed by atoms with Crippen LogP contribution in [0.4, 0.5) is 0 Å². The van der Waals surface area contributed by atoms with E-state index >= 15 is 0 Å². The molecule has 0 fully saturated rings. The number of amides is 1. The van der Waals surface area contributed by atoms with Crippen LogP contribution in [-0.4, -0.2) is 34.6 Å². The molecule has 0 saturated heterocycles. The van der Waals surface area contributed by atoms with E-state index in [-0.39, 0.29) is 19.1 Å². The van der Waals surface area contributed by atoms with Gasteiger partial charge in [-0.25, -0.2) is 0 Å². The Morgan fingerprint density at radius 3 is 2.65 bits per heavy atom. The number of ether oxygens (including phenoxy) is 1. The first kappa shape index (κ1) is 18.2. The SMILES string of the molecule is CN(Cc1nc(-c2ccc(Cl)cc2)no1)C(=O)COc1cccc(Cl)c1. The highest BCUT2D eigenvalue weighted by Gasteiger charge is 2.15. The Labute approximate surface area is 160 Å². The minimum Gasteiger partial charge on any atom is -0.484 e. The summed E-state index contributed by atoms with van der Waals surface area (Å²) in [4.78, 5) is 17.9. The summed E-state index contributed by atoms with van der Waals surface area (Å²) in [6.45, 7) is 0.0628. The molecule has 3 aromatic rings. The molecule has 0 N–H and O–H groups in total. The molecular formula is C18H15Cl2N3O3. The molecule has 1 amide bonds. The summed E-state index contributed by atoms with van der Waals surface area (Å²) in [5.41, 5.74) is 0.780. The van der Waals surface area contributed by atoms with Crippen molar-refractivity contribution in [2.45, 2.75) is 6.54 Å². The van der Waals surface area contributed by atoms with Crippen LogP contribution >= 0.6 is 23.2 Å². The smallest absolute Gasteiger partial charge is 0.260 e. The van der Waals surface area contributed by atoms with Crippen LogP contribution < -0.4 is 4.74 Å². The molecule has 0 aliphatic rings. The van der Waals surface area contributed by atoms with Gasteiger partial charge in [-0.15, -0.1) is 0 Å². The molecule has 8 heteroatoms. The van der Waals surface area contributed by atoms with Crippen molar-refractivity contribution in [3.8, 4) is 17.1 Å². The number of nitrogens with zero attached hydrogens (tertiary/aromatic N) is 3. The molecule has 2 aromatic carbocycles.